The fraction of sp³-hybridized carbons (Fsp3) is 0.192. The Morgan fingerprint density at radius 3 is 2.26 bits per heavy atom. The number of hydrogen-bond donors (Lipinski definition) is 1. The van der Waals surface area contributed by atoms with Gasteiger partial charge >= 0.3 is 0 Å². The van der Waals surface area contributed by atoms with Crippen molar-refractivity contribution in [1.29, 1.82) is 0 Å². The third-order valence-electron chi connectivity index (χ3n) is 5.80. The van der Waals surface area contributed by atoms with Crippen molar-refractivity contribution < 1.29 is 4.79 Å². The summed E-state index contributed by atoms with van der Waals surface area (Å²) in [4.78, 5) is 24.1. The topological polar surface area (TPSA) is 58.1 Å². The number of carbonyl (C=O) groups is 1. The lowest BCUT2D eigenvalue weighted by Gasteiger charge is -2.26. The van der Waals surface area contributed by atoms with E-state index in [4.69, 9.17) is 0 Å². The summed E-state index contributed by atoms with van der Waals surface area (Å²) in [6.07, 6.45) is 7.42. The lowest BCUT2D eigenvalue weighted by atomic mass is 10.1. The lowest BCUT2D eigenvalue weighted by Crippen LogP contribution is -2.30. The maximum Gasteiger partial charge on any atom is 0.255 e. The number of carbonyl (C=O) groups excluding carboxylic acids is 1. The van der Waals surface area contributed by atoms with Gasteiger partial charge in [0.1, 0.15) is 0 Å². The predicted molar refractivity (Wildman–Crippen MR) is 125 cm³/mol. The fourth-order valence-electron chi connectivity index (χ4n) is 4.07. The molecule has 5 heteroatoms. The van der Waals surface area contributed by atoms with Crippen LogP contribution in [-0.2, 0) is 0 Å². The molecular weight excluding hydrogens is 384 g/mol. The molecule has 31 heavy (non-hydrogen) atoms. The van der Waals surface area contributed by atoms with Crippen LogP contribution in [0.15, 0.2) is 79.1 Å². The minimum Gasteiger partial charge on any atom is -0.341 e. The molecule has 4 aromatic rings. The summed E-state index contributed by atoms with van der Waals surface area (Å²) < 4.78 is 0. The van der Waals surface area contributed by atoms with Crippen LogP contribution in [0.2, 0.25) is 0 Å². The minimum atomic E-state index is -0.125. The molecule has 2 heterocycles. The van der Waals surface area contributed by atoms with E-state index in [1.165, 1.54) is 19.3 Å². The quantitative estimate of drug-likeness (QED) is 0.482. The molecule has 1 aliphatic rings. The van der Waals surface area contributed by atoms with Crippen molar-refractivity contribution in [3.8, 4) is 11.1 Å². The van der Waals surface area contributed by atoms with Crippen LogP contribution in [0.25, 0.3) is 21.9 Å². The maximum absolute atomic E-state index is 12.8. The van der Waals surface area contributed by atoms with Crippen LogP contribution in [0.3, 0.4) is 0 Å². The number of hydrogen-bond acceptors (Lipinski definition) is 4. The molecule has 1 aliphatic heterocycles. The number of piperidine rings is 1. The molecule has 0 radical (unpaired) electrons. The van der Waals surface area contributed by atoms with Gasteiger partial charge in [-0.2, -0.15) is 0 Å². The first-order valence-electron chi connectivity index (χ1n) is 10.7. The molecule has 1 aromatic heterocycles. The van der Waals surface area contributed by atoms with E-state index in [0.717, 1.165) is 46.6 Å². The van der Waals surface area contributed by atoms with Crippen LogP contribution in [0.4, 0.5) is 11.6 Å². The van der Waals surface area contributed by atoms with Gasteiger partial charge in [0.05, 0.1) is 0 Å². The van der Waals surface area contributed by atoms with Crippen molar-refractivity contribution in [3.05, 3.63) is 84.7 Å². The molecule has 1 amide bonds. The Bertz CT molecular complexity index is 1190. The zero-order valence-corrected chi connectivity index (χ0v) is 17.3. The van der Waals surface area contributed by atoms with Gasteiger partial charge in [-0.1, -0.05) is 48.5 Å². The lowest BCUT2D eigenvalue weighted by molar-refractivity contribution is 0.102. The van der Waals surface area contributed by atoms with E-state index in [1.807, 2.05) is 79.1 Å². The van der Waals surface area contributed by atoms with Crippen molar-refractivity contribution in [1.82, 2.24) is 9.97 Å². The van der Waals surface area contributed by atoms with Gasteiger partial charge in [0.15, 0.2) is 0 Å². The fourth-order valence-corrected chi connectivity index (χ4v) is 4.07. The Hall–Kier alpha value is -3.73. The molecule has 0 aliphatic carbocycles. The van der Waals surface area contributed by atoms with Crippen molar-refractivity contribution in [3.63, 3.8) is 0 Å². The number of fused-ring (bicyclic) bond motifs is 1. The molecule has 5 rings (SSSR count). The highest BCUT2D eigenvalue weighted by molar-refractivity contribution is 6.09. The number of benzene rings is 3. The molecule has 3 aromatic carbocycles. The van der Waals surface area contributed by atoms with Crippen molar-refractivity contribution in [2.45, 2.75) is 19.3 Å². The first-order valence-corrected chi connectivity index (χ1v) is 10.7. The number of nitrogens with zero attached hydrogens (tertiary/aromatic N) is 3. The Balaban J connectivity index is 1.31. The van der Waals surface area contributed by atoms with Gasteiger partial charge in [-0.05, 0) is 48.4 Å². The second-order valence-corrected chi connectivity index (χ2v) is 7.88. The van der Waals surface area contributed by atoms with Crippen LogP contribution in [0.1, 0.15) is 29.6 Å². The van der Waals surface area contributed by atoms with Crippen LogP contribution in [0.5, 0.6) is 0 Å². The molecule has 1 saturated heterocycles. The Morgan fingerprint density at radius 1 is 0.774 bits per heavy atom. The van der Waals surface area contributed by atoms with Crippen LogP contribution in [-0.4, -0.2) is 29.0 Å². The van der Waals surface area contributed by atoms with Crippen molar-refractivity contribution >= 4 is 28.3 Å². The van der Waals surface area contributed by atoms with E-state index in [9.17, 15) is 4.79 Å². The minimum absolute atomic E-state index is 0.125. The molecule has 0 bridgehead atoms. The van der Waals surface area contributed by atoms with Gasteiger partial charge in [0, 0.05) is 47.7 Å². The van der Waals surface area contributed by atoms with Gasteiger partial charge in [0.2, 0.25) is 5.95 Å². The third kappa shape index (κ3) is 4.12. The summed E-state index contributed by atoms with van der Waals surface area (Å²) in [7, 11) is 0. The molecule has 5 nitrogen and oxygen atoms in total. The Kier molecular flexibility index (Phi) is 5.31. The van der Waals surface area contributed by atoms with E-state index in [-0.39, 0.29) is 5.91 Å². The summed E-state index contributed by atoms with van der Waals surface area (Å²) in [6, 6.07) is 21.5. The highest BCUT2D eigenvalue weighted by Crippen LogP contribution is 2.25. The summed E-state index contributed by atoms with van der Waals surface area (Å²) in [5, 5.41) is 5.16. The van der Waals surface area contributed by atoms with Crippen molar-refractivity contribution in [2.75, 3.05) is 23.3 Å². The second kappa shape index (κ2) is 8.56. The highest BCUT2D eigenvalue weighted by Gasteiger charge is 2.14. The standard InChI is InChI=1S/C26H24N4O/c31-25(29-24-10-6-8-20-7-2-3-9-23(20)24)21-13-11-19(12-14-21)22-17-27-26(28-18-22)30-15-4-1-5-16-30/h2-3,6-14,17-18H,1,4-5,15-16H2,(H,29,31). The zero-order chi connectivity index (χ0) is 21.0. The molecular formula is C26H24N4O. The molecule has 154 valence electrons. The molecule has 0 saturated carbocycles. The van der Waals surface area contributed by atoms with Crippen LogP contribution < -0.4 is 10.2 Å². The molecule has 0 spiro atoms. The van der Waals surface area contributed by atoms with Gasteiger partial charge < -0.3 is 10.2 Å². The van der Waals surface area contributed by atoms with E-state index in [2.05, 4.69) is 20.2 Å². The zero-order valence-electron chi connectivity index (χ0n) is 17.3. The average Bonchev–Trinajstić information content (AvgIpc) is 2.85. The summed E-state index contributed by atoms with van der Waals surface area (Å²) >= 11 is 0. The van der Waals surface area contributed by atoms with Crippen LogP contribution >= 0.6 is 0 Å². The number of anilines is 2. The van der Waals surface area contributed by atoms with Gasteiger partial charge in [-0.25, -0.2) is 9.97 Å². The van der Waals surface area contributed by atoms with Gasteiger partial charge in [-0.15, -0.1) is 0 Å². The van der Waals surface area contributed by atoms with E-state index in [1.54, 1.807) is 0 Å². The third-order valence-corrected chi connectivity index (χ3v) is 5.80. The molecule has 0 unspecified atom stereocenters. The van der Waals surface area contributed by atoms with Gasteiger partial charge in [0.25, 0.3) is 5.91 Å². The first kappa shape index (κ1) is 19.2. The van der Waals surface area contributed by atoms with E-state index >= 15 is 0 Å². The number of rotatable bonds is 4. The second-order valence-electron chi connectivity index (χ2n) is 7.88. The Labute approximate surface area is 181 Å². The normalized spacial score (nSPS) is 13.9. The monoisotopic (exact) mass is 408 g/mol. The highest BCUT2D eigenvalue weighted by atomic mass is 16.1. The first-order chi connectivity index (χ1) is 15.3. The maximum atomic E-state index is 12.8. The van der Waals surface area contributed by atoms with Crippen molar-refractivity contribution in [2.24, 2.45) is 0 Å². The van der Waals surface area contributed by atoms with Crippen LogP contribution in [0, 0.1) is 0 Å². The number of aromatic nitrogens is 2. The number of amides is 1. The average molecular weight is 409 g/mol. The largest absolute Gasteiger partial charge is 0.341 e. The molecule has 0 atom stereocenters. The van der Waals surface area contributed by atoms with E-state index < -0.39 is 0 Å². The van der Waals surface area contributed by atoms with Gasteiger partial charge in [-0.3, -0.25) is 4.79 Å². The molecule has 1 fully saturated rings. The summed E-state index contributed by atoms with van der Waals surface area (Å²) in [5.74, 6) is 0.675. The smallest absolute Gasteiger partial charge is 0.255 e. The van der Waals surface area contributed by atoms with E-state index in [0.29, 0.717) is 5.56 Å². The molecule has 1 N–H and O–H groups in total. The number of nitrogens with one attached hydrogen (secondary N) is 1. The predicted octanol–water partition coefficient (Wildman–Crippen LogP) is 5.54. The SMILES string of the molecule is O=C(Nc1cccc2ccccc12)c1ccc(-c2cnc(N3CCCCC3)nc2)cc1. The Morgan fingerprint density at radius 2 is 1.48 bits per heavy atom. The summed E-state index contributed by atoms with van der Waals surface area (Å²) in [5.41, 5.74) is 3.37. The summed E-state index contributed by atoms with van der Waals surface area (Å²) in [6.45, 7) is 2.06.